The summed E-state index contributed by atoms with van der Waals surface area (Å²) in [5, 5.41) is 0.897. The fraction of sp³-hybridized carbons (Fsp3) is 0.0588. The number of terminal acetylenes is 1. The predicted molar refractivity (Wildman–Crippen MR) is 80.9 cm³/mol. The van der Waals surface area contributed by atoms with E-state index in [1.807, 2.05) is 18.2 Å². The van der Waals surface area contributed by atoms with Crippen LogP contribution in [0.1, 0.15) is 5.56 Å². The Morgan fingerprint density at radius 3 is 2.42 bits per heavy atom. The van der Waals surface area contributed by atoms with Crippen LogP contribution in [0.2, 0.25) is 0 Å². The van der Waals surface area contributed by atoms with Crippen LogP contribution >= 0.6 is 0 Å². The first kappa shape index (κ1) is 13.2. The van der Waals surface area contributed by atoms with Gasteiger partial charge in [-0.3, -0.25) is 0 Å². The maximum Gasteiger partial charge on any atom is 0.121 e. The van der Waals surface area contributed by atoms with E-state index < -0.39 is 0 Å². The normalized spacial score (nSPS) is 9.68. The Hall–Kier alpha value is -2.24. The average Bonchev–Trinajstić information content (AvgIpc) is 3.05. The molecule has 2 aliphatic rings. The van der Waals surface area contributed by atoms with E-state index in [-0.39, 0.29) is 0 Å². The highest BCUT2D eigenvalue weighted by atomic mass is 28.1. The molecule has 0 fully saturated rings. The van der Waals surface area contributed by atoms with E-state index in [1.165, 1.54) is 11.1 Å². The molecule has 3 radical (unpaired) electrons. The van der Waals surface area contributed by atoms with Gasteiger partial charge in [-0.2, -0.15) is 0 Å². The Morgan fingerprint density at radius 1 is 1.21 bits per heavy atom. The van der Waals surface area contributed by atoms with Crippen molar-refractivity contribution < 1.29 is 4.74 Å². The summed E-state index contributed by atoms with van der Waals surface area (Å²) in [6.07, 6.45) is 6.98. The zero-order valence-electron chi connectivity index (χ0n) is 10.5. The second-order valence-corrected chi connectivity index (χ2v) is 4.57. The van der Waals surface area contributed by atoms with E-state index in [0.29, 0.717) is 6.61 Å². The quantitative estimate of drug-likeness (QED) is 0.400. The summed E-state index contributed by atoms with van der Waals surface area (Å²) < 4.78 is 5.32. The summed E-state index contributed by atoms with van der Waals surface area (Å²) in [5.41, 5.74) is 3.64. The zero-order valence-corrected chi connectivity index (χ0v) is 11.5. The van der Waals surface area contributed by atoms with Gasteiger partial charge in [0.2, 0.25) is 0 Å². The van der Waals surface area contributed by atoms with E-state index in [1.54, 1.807) is 6.08 Å². The van der Waals surface area contributed by atoms with Gasteiger partial charge in [0, 0.05) is 5.56 Å². The van der Waals surface area contributed by atoms with Crippen LogP contribution in [0, 0.1) is 12.3 Å². The maximum atomic E-state index is 5.32. The molecular weight excluding hydrogens is 248 g/mol. The molecule has 19 heavy (non-hydrogen) atoms. The Labute approximate surface area is 117 Å². The van der Waals surface area contributed by atoms with E-state index in [0.717, 1.165) is 16.5 Å². The van der Waals surface area contributed by atoms with Gasteiger partial charge in [-0.15, -0.1) is 6.42 Å². The Kier molecular flexibility index (Phi) is 4.22. The lowest BCUT2D eigenvalue weighted by molar-refractivity contribution is 0.363. The Bertz CT molecular complexity index is 621. The zero-order chi connectivity index (χ0) is 13.7. The van der Waals surface area contributed by atoms with Gasteiger partial charge in [-0.05, 0) is 29.3 Å². The molecule has 0 N–H and O–H groups in total. The van der Waals surface area contributed by atoms with Crippen molar-refractivity contribution in [1.82, 2.24) is 0 Å². The van der Waals surface area contributed by atoms with Crippen molar-refractivity contribution in [3.05, 3.63) is 60.7 Å². The highest BCUT2D eigenvalue weighted by Gasteiger charge is 2.06. The molecule has 0 spiro atoms. The van der Waals surface area contributed by atoms with Crippen molar-refractivity contribution in [2.45, 2.75) is 0 Å². The molecule has 0 amide bonds. The monoisotopic (exact) mass is 261 g/mol. The van der Waals surface area contributed by atoms with Crippen molar-refractivity contribution in [3.63, 3.8) is 0 Å². The molecule has 0 unspecified atom stereocenters. The van der Waals surface area contributed by atoms with Crippen molar-refractivity contribution in [1.29, 1.82) is 0 Å². The molecule has 0 saturated carbocycles. The molecule has 1 aromatic rings. The molecule has 0 atom stereocenters. The molecule has 0 aliphatic heterocycles. The first-order chi connectivity index (χ1) is 9.24. The first-order valence-corrected chi connectivity index (χ1v) is 6.41. The lowest BCUT2D eigenvalue weighted by Gasteiger charge is -2.04. The van der Waals surface area contributed by atoms with Gasteiger partial charge in [-0.1, -0.05) is 48.0 Å². The largest absolute Gasteiger partial charge is 0.490 e. The van der Waals surface area contributed by atoms with Gasteiger partial charge in [-0.25, -0.2) is 0 Å². The molecule has 1 nitrogen and oxygen atoms in total. The standard InChI is InChI=1S/C11H9OSi.C6H4/c1-3-7-12-10-5-6-11(13)9(4-2)8-10;1-2-5-4-6(5)3-1/h2-3,5-6,8H,1,7H2;1-4H. The van der Waals surface area contributed by atoms with Crippen LogP contribution < -0.4 is 9.92 Å². The summed E-state index contributed by atoms with van der Waals surface area (Å²) in [6, 6.07) is 14.0. The summed E-state index contributed by atoms with van der Waals surface area (Å²) >= 11 is 0. The minimum Gasteiger partial charge on any atom is -0.490 e. The number of rotatable bonds is 3. The lowest BCUT2D eigenvalue weighted by Crippen LogP contribution is -2.07. The summed E-state index contributed by atoms with van der Waals surface area (Å²) in [5.74, 6) is 3.32. The highest BCUT2D eigenvalue weighted by Crippen LogP contribution is 2.32. The van der Waals surface area contributed by atoms with E-state index >= 15 is 0 Å². The molecule has 0 saturated heterocycles. The van der Waals surface area contributed by atoms with Gasteiger partial charge in [0.1, 0.15) is 12.4 Å². The van der Waals surface area contributed by atoms with Crippen LogP contribution in [0.5, 0.6) is 5.75 Å². The van der Waals surface area contributed by atoms with Crippen molar-refractivity contribution in [2.75, 3.05) is 6.61 Å². The lowest BCUT2D eigenvalue weighted by atomic mass is 10.2. The number of hydrogen-bond acceptors (Lipinski definition) is 1. The van der Waals surface area contributed by atoms with E-state index in [4.69, 9.17) is 11.2 Å². The minimum absolute atomic E-state index is 0.491. The van der Waals surface area contributed by atoms with E-state index in [2.05, 4.69) is 47.0 Å². The molecule has 0 bridgehead atoms. The number of ether oxygens (including phenoxy) is 1. The first-order valence-electron chi connectivity index (χ1n) is 5.91. The summed E-state index contributed by atoms with van der Waals surface area (Å²) in [4.78, 5) is 0. The topological polar surface area (TPSA) is 9.23 Å². The average molecular weight is 261 g/mol. The molecule has 2 aliphatic carbocycles. The van der Waals surface area contributed by atoms with Gasteiger partial charge in [0.05, 0.1) is 10.2 Å². The van der Waals surface area contributed by atoms with Crippen molar-refractivity contribution in [2.24, 2.45) is 0 Å². The third-order valence-electron chi connectivity index (χ3n) is 2.63. The fourth-order valence-electron chi connectivity index (χ4n) is 1.56. The smallest absolute Gasteiger partial charge is 0.121 e. The SMILES string of the molecule is C#Cc1cc(OCC=C)ccc1[Si].c1cc2cc-2c1. The van der Waals surface area contributed by atoms with Gasteiger partial charge in [0.15, 0.2) is 0 Å². The molecule has 2 heteroatoms. The second-order valence-electron chi connectivity index (χ2n) is 4.03. The summed E-state index contributed by atoms with van der Waals surface area (Å²) in [6.45, 7) is 4.05. The third-order valence-corrected chi connectivity index (χ3v) is 3.06. The number of benzene rings is 2. The van der Waals surface area contributed by atoms with Crippen LogP contribution in [0.15, 0.2) is 55.1 Å². The molecule has 3 rings (SSSR count). The molecule has 91 valence electrons. The highest BCUT2D eigenvalue weighted by molar-refractivity contribution is 6.33. The maximum absolute atomic E-state index is 5.32. The number of hydrogen-bond donors (Lipinski definition) is 0. The molecule has 0 aromatic heterocycles. The van der Waals surface area contributed by atoms with E-state index in [9.17, 15) is 0 Å². The third kappa shape index (κ3) is 3.61. The van der Waals surface area contributed by atoms with Gasteiger partial charge in [0.25, 0.3) is 0 Å². The predicted octanol–water partition coefficient (Wildman–Crippen LogP) is 2.69. The minimum atomic E-state index is 0.491. The van der Waals surface area contributed by atoms with Gasteiger partial charge < -0.3 is 4.74 Å². The van der Waals surface area contributed by atoms with Crippen LogP contribution in [0.3, 0.4) is 0 Å². The van der Waals surface area contributed by atoms with Crippen molar-refractivity contribution >= 4 is 15.4 Å². The van der Waals surface area contributed by atoms with Crippen LogP contribution in [0.25, 0.3) is 11.1 Å². The van der Waals surface area contributed by atoms with Crippen LogP contribution in [0.4, 0.5) is 0 Å². The molecule has 0 heterocycles. The van der Waals surface area contributed by atoms with Gasteiger partial charge >= 0.3 is 0 Å². The Balaban J connectivity index is 0.000000180. The molecule has 1 aromatic carbocycles. The Morgan fingerprint density at radius 2 is 1.95 bits per heavy atom. The number of fused-ring (bicyclic) bond motifs is 1. The second kappa shape index (κ2) is 6.08. The molecular formula is C17H13OSi. The fourth-order valence-corrected chi connectivity index (χ4v) is 1.79. The van der Waals surface area contributed by atoms with Crippen LogP contribution in [-0.4, -0.2) is 16.8 Å². The van der Waals surface area contributed by atoms with Crippen LogP contribution in [-0.2, 0) is 0 Å². The van der Waals surface area contributed by atoms with Crippen molar-refractivity contribution in [3.8, 4) is 29.2 Å². The summed E-state index contributed by atoms with van der Waals surface area (Å²) in [7, 11) is 3.39.